The predicted molar refractivity (Wildman–Crippen MR) is 132 cm³/mol. The van der Waals surface area contributed by atoms with Gasteiger partial charge >= 0.3 is 5.97 Å². The van der Waals surface area contributed by atoms with Crippen LogP contribution in [-0.2, 0) is 14.3 Å². The number of likely N-dealkylation sites (tertiary alicyclic amines) is 1. The molecule has 1 aliphatic heterocycles. The first-order chi connectivity index (χ1) is 16.7. The summed E-state index contributed by atoms with van der Waals surface area (Å²) in [6, 6.07) is 13.1. The molecule has 2 aromatic carbocycles. The molecule has 35 heavy (non-hydrogen) atoms. The third kappa shape index (κ3) is 6.91. The maximum absolute atomic E-state index is 12.6. The second-order valence-corrected chi connectivity index (χ2v) is 8.92. The van der Waals surface area contributed by atoms with E-state index in [1.807, 2.05) is 4.90 Å². The summed E-state index contributed by atoms with van der Waals surface area (Å²) >= 11 is 0. The van der Waals surface area contributed by atoms with Crippen molar-refractivity contribution in [1.82, 2.24) is 4.90 Å². The van der Waals surface area contributed by atoms with Gasteiger partial charge in [0, 0.05) is 23.3 Å². The fraction of sp³-hybridized carbons (Fsp3) is 0.407. The van der Waals surface area contributed by atoms with Crippen LogP contribution in [0.1, 0.15) is 67.7 Å². The zero-order valence-electron chi connectivity index (χ0n) is 20.6. The molecule has 0 saturated carbocycles. The zero-order valence-corrected chi connectivity index (χ0v) is 20.6. The molecular weight excluding hydrogens is 448 g/mol. The molecule has 0 unspecified atom stereocenters. The third-order valence-corrected chi connectivity index (χ3v) is 6.12. The lowest BCUT2D eigenvalue weighted by molar-refractivity contribution is -0.139. The minimum Gasteiger partial charge on any atom is -0.484 e. The minimum atomic E-state index is -1.05. The smallest absolute Gasteiger partial charge is 0.338 e. The number of piperidine rings is 1. The summed E-state index contributed by atoms with van der Waals surface area (Å²) in [5.74, 6) is -0.888. The number of carbonyl (C=O) groups is 4. The number of ketones is 1. The molecule has 186 valence electrons. The van der Waals surface area contributed by atoms with Crippen LogP contribution in [-0.4, -0.2) is 53.3 Å². The number of amides is 2. The normalized spacial score (nSPS) is 18.3. The largest absolute Gasteiger partial charge is 0.484 e. The van der Waals surface area contributed by atoms with Crippen LogP contribution in [0.2, 0.25) is 0 Å². The molecule has 0 bridgehead atoms. The highest BCUT2D eigenvalue weighted by Crippen LogP contribution is 2.23. The number of Topliss-reactive ketones (excluding diaryl/α,β-unsaturated/α-hetero) is 1. The Morgan fingerprint density at radius 1 is 1.00 bits per heavy atom. The molecule has 1 N–H and O–H groups in total. The molecule has 3 rings (SSSR count). The lowest BCUT2D eigenvalue weighted by Gasteiger charge is -2.38. The van der Waals surface area contributed by atoms with Crippen LogP contribution in [0.4, 0.5) is 5.69 Å². The Labute approximate surface area is 205 Å². The summed E-state index contributed by atoms with van der Waals surface area (Å²) in [4.78, 5) is 50.9. The summed E-state index contributed by atoms with van der Waals surface area (Å²) in [5, 5.41) is 2.64. The molecule has 0 radical (unpaired) electrons. The van der Waals surface area contributed by atoms with Gasteiger partial charge in [-0.05, 0) is 83.4 Å². The van der Waals surface area contributed by atoms with Crippen LogP contribution >= 0.6 is 0 Å². The van der Waals surface area contributed by atoms with Crippen molar-refractivity contribution in [2.45, 2.75) is 65.1 Å². The minimum absolute atomic E-state index is 0.0538. The predicted octanol–water partition coefficient (Wildman–Crippen LogP) is 4.24. The summed E-state index contributed by atoms with van der Waals surface area (Å²) in [7, 11) is 0. The van der Waals surface area contributed by atoms with Gasteiger partial charge in [-0.15, -0.1) is 0 Å². The standard InChI is InChI=1S/C27H32N2O6/c1-17-7-5-8-18(2)29(17)25(31)16-34-24-13-11-21(12-14-24)27(33)35-20(4)26(32)28-23-10-6-9-22(15-23)19(3)30/h6,9-15,17-18,20H,5,7-8,16H2,1-4H3,(H,28,32)/t17-,18+,20-/m0/s1. The highest BCUT2D eigenvalue weighted by Gasteiger charge is 2.29. The maximum Gasteiger partial charge on any atom is 0.338 e. The van der Waals surface area contributed by atoms with Crippen molar-refractivity contribution in [3.8, 4) is 5.75 Å². The first-order valence-electron chi connectivity index (χ1n) is 11.8. The number of hydrogen-bond acceptors (Lipinski definition) is 6. The molecule has 2 amide bonds. The van der Waals surface area contributed by atoms with Crippen LogP contribution in [0.25, 0.3) is 0 Å². The summed E-state index contributed by atoms with van der Waals surface area (Å²) in [6.07, 6.45) is 2.06. The van der Waals surface area contributed by atoms with Crippen molar-refractivity contribution in [3.63, 3.8) is 0 Å². The molecule has 8 heteroatoms. The lowest BCUT2D eigenvalue weighted by atomic mass is 9.97. The van der Waals surface area contributed by atoms with E-state index in [0.29, 0.717) is 17.0 Å². The van der Waals surface area contributed by atoms with E-state index < -0.39 is 18.0 Å². The van der Waals surface area contributed by atoms with Crippen molar-refractivity contribution in [1.29, 1.82) is 0 Å². The topological polar surface area (TPSA) is 102 Å². The van der Waals surface area contributed by atoms with E-state index in [1.165, 1.54) is 26.0 Å². The Hall–Kier alpha value is -3.68. The number of esters is 1. The van der Waals surface area contributed by atoms with Gasteiger partial charge in [0.1, 0.15) is 5.75 Å². The van der Waals surface area contributed by atoms with Gasteiger partial charge in [0.15, 0.2) is 18.5 Å². The lowest BCUT2D eigenvalue weighted by Crippen LogP contribution is -2.49. The zero-order chi connectivity index (χ0) is 25.5. The molecule has 1 fully saturated rings. The van der Waals surface area contributed by atoms with Crippen molar-refractivity contribution in [2.24, 2.45) is 0 Å². The fourth-order valence-corrected chi connectivity index (χ4v) is 4.16. The highest BCUT2D eigenvalue weighted by atomic mass is 16.5. The number of carbonyl (C=O) groups excluding carboxylic acids is 4. The van der Waals surface area contributed by atoms with Crippen molar-refractivity contribution >= 4 is 29.3 Å². The number of anilines is 1. The second kappa shape index (κ2) is 11.6. The number of benzene rings is 2. The van der Waals surface area contributed by atoms with Gasteiger partial charge in [-0.3, -0.25) is 14.4 Å². The number of nitrogens with zero attached hydrogens (tertiary/aromatic N) is 1. The van der Waals surface area contributed by atoms with Gasteiger partial charge in [0.05, 0.1) is 5.56 Å². The molecule has 8 nitrogen and oxygen atoms in total. The first kappa shape index (κ1) is 25.9. The average Bonchev–Trinajstić information content (AvgIpc) is 2.83. The van der Waals surface area contributed by atoms with Crippen LogP contribution in [0.5, 0.6) is 5.75 Å². The van der Waals surface area contributed by atoms with Crippen molar-refractivity contribution < 1.29 is 28.7 Å². The van der Waals surface area contributed by atoms with Crippen LogP contribution < -0.4 is 10.1 Å². The Morgan fingerprint density at radius 2 is 1.66 bits per heavy atom. The highest BCUT2D eigenvalue weighted by molar-refractivity contribution is 5.99. The monoisotopic (exact) mass is 480 g/mol. The van der Waals surface area contributed by atoms with Gasteiger partial charge in [0.2, 0.25) is 0 Å². The molecular formula is C27H32N2O6. The van der Waals surface area contributed by atoms with E-state index in [9.17, 15) is 19.2 Å². The van der Waals surface area contributed by atoms with Gasteiger partial charge in [-0.25, -0.2) is 4.79 Å². The van der Waals surface area contributed by atoms with Crippen molar-refractivity contribution in [3.05, 3.63) is 59.7 Å². The fourth-order valence-electron chi connectivity index (χ4n) is 4.16. The number of hydrogen-bond donors (Lipinski definition) is 1. The van der Waals surface area contributed by atoms with Crippen molar-refractivity contribution in [2.75, 3.05) is 11.9 Å². The molecule has 2 aromatic rings. The summed E-state index contributed by atoms with van der Waals surface area (Å²) in [6.45, 7) is 6.94. The van der Waals surface area contributed by atoms with Gasteiger partial charge in [0.25, 0.3) is 11.8 Å². The van der Waals surface area contributed by atoms with E-state index >= 15 is 0 Å². The molecule has 1 aliphatic rings. The van der Waals surface area contributed by atoms with E-state index in [1.54, 1.807) is 36.4 Å². The first-order valence-corrected chi connectivity index (χ1v) is 11.8. The number of rotatable bonds is 8. The van der Waals surface area contributed by atoms with Crippen LogP contribution in [0.15, 0.2) is 48.5 Å². The van der Waals surface area contributed by atoms with E-state index in [0.717, 1.165) is 19.3 Å². The Balaban J connectivity index is 1.51. The SMILES string of the molecule is CC(=O)c1cccc(NC(=O)[C@H](C)OC(=O)c2ccc(OCC(=O)N3[C@H](C)CCC[C@@H]3C)cc2)c1. The van der Waals surface area contributed by atoms with Gasteiger partial charge < -0.3 is 19.7 Å². The average molecular weight is 481 g/mol. The molecule has 0 aromatic heterocycles. The van der Waals surface area contributed by atoms with Gasteiger partial charge in [-0.2, -0.15) is 0 Å². The molecule has 3 atom stereocenters. The third-order valence-electron chi connectivity index (χ3n) is 6.12. The summed E-state index contributed by atoms with van der Waals surface area (Å²) < 4.78 is 10.9. The quantitative estimate of drug-likeness (QED) is 0.448. The maximum atomic E-state index is 12.6. The van der Waals surface area contributed by atoms with Crippen LogP contribution in [0, 0.1) is 0 Å². The Bertz CT molecular complexity index is 1070. The molecule has 1 saturated heterocycles. The van der Waals surface area contributed by atoms with E-state index in [-0.39, 0.29) is 35.9 Å². The molecule has 0 aliphatic carbocycles. The van der Waals surface area contributed by atoms with E-state index in [4.69, 9.17) is 9.47 Å². The number of nitrogens with one attached hydrogen (secondary N) is 1. The van der Waals surface area contributed by atoms with Crippen LogP contribution in [0.3, 0.4) is 0 Å². The van der Waals surface area contributed by atoms with E-state index in [2.05, 4.69) is 19.2 Å². The molecule has 0 spiro atoms. The Kier molecular flexibility index (Phi) is 8.63. The van der Waals surface area contributed by atoms with Gasteiger partial charge in [-0.1, -0.05) is 12.1 Å². The molecule has 1 heterocycles. The number of ether oxygens (including phenoxy) is 2. The summed E-state index contributed by atoms with van der Waals surface area (Å²) in [5.41, 5.74) is 1.16. The second-order valence-electron chi connectivity index (χ2n) is 8.92. The Morgan fingerprint density at radius 3 is 2.29 bits per heavy atom.